The largest absolute Gasteiger partial charge is 0.459 e. The third-order valence-electron chi connectivity index (χ3n) is 3.07. The van der Waals surface area contributed by atoms with Crippen LogP contribution in [0.3, 0.4) is 0 Å². The molecular weight excluding hydrogens is 254 g/mol. The number of halogens is 2. The summed E-state index contributed by atoms with van der Waals surface area (Å²) < 4.78 is 37.1. The van der Waals surface area contributed by atoms with E-state index in [0.29, 0.717) is 5.56 Å². The molecule has 1 aliphatic heterocycles. The molecule has 1 saturated heterocycles. The molecule has 1 heterocycles. The lowest BCUT2D eigenvalue weighted by molar-refractivity contribution is -0.184. The van der Waals surface area contributed by atoms with Crippen molar-refractivity contribution in [1.82, 2.24) is 0 Å². The van der Waals surface area contributed by atoms with Crippen LogP contribution in [-0.2, 0) is 9.47 Å². The molecule has 0 amide bonds. The minimum Gasteiger partial charge on any atom is -0.459 e. The summed E-state index contributed by atoms with van der Waals surface area (Å²) in [4.78, 5) is 11.7. The van der Waals surface area contributed by atoms with E-state index in [1.165, 1.54) is 0 Å². The molecule has 0 aromatic heterocycles. The lowest BCUT2D eigenvalue weighted by Gasteiger charge is -2.37. The summed E-state index contributed by atoms with van der Waals surface area (Å²) in [5.41, 5.74) is -0.722. The number of rotatable bonds is 3. The molecule has 0 radical (unpaired) electrons. The van der Waals surface area contributed by atoms with Crippen LogP contribution >= 0.6 is 0 Å². The molecule has 5 heteroatoms. The Bertz CT molecular complexity index is 447. The van der Waals surface area contributed by atoms with Crippen LogP contribution in [0.2, 0.25) is 0 Å². The molecule has 1 aromatic carbocycles. The van der Waals surface area contributed by atoms with Crippen molar-refractivity contribution in [3.8, 4) is 0 Å². The Kier molecular flexibility index (Phi) is 3.85. The van der Waals surface area contributed by atoms with Gasteiger partial charge in [0.1, 0.15) is 12.2 Å². The zero-order valence-electron chi connectivity index (χ0n) is 10.7. The number of carbonyl (C=O) groups excluding carboxylic acids is 1. The Labute approximate surface area is 110 Å². The van der Waals surface area contributed by atoms with E-state index in [1.54, 1.807) is 37.3 Å². The second-order valence-corrected chi connectivity index (χ2v) is 5.02. The molecule has 0 spiro atoms. The molecule has 1 aliphatic rings. The second-order valence-electron chi connectivity index (χ2n) is 5.02. The molecule has 104 valence electrons. The number of benzene rings is 1. The first kappa shape index (κ1) is 13.9. The molecule has 19 heavy (non-hydrogen) atoms. The summed E-state index contributed by atoms with van der Waals surface area (Å²) >= 11 is 0. The normalized spacial score (nSPS) is 25.8. The maximum absolute atomic E-state index is 13.3. The van der Waals surface area contributed by atoms with Crippen molar-refractivity contribution in [3.63, 3.8) is 0 Å². The standard InChI is InChI=1S/C14H16F2O3/c1-13(9-14(15,16)7-8-19-13)10-18-12(17)11-5-3-2-4-6-11/h2-6H,7-10H2,1H3. The van der Waals surface area contributed by atoms with Crippen molar-refractivity contribution in [2.24, 2.45) is 0 Å². The molecule has 3 nitrogen and oxygen atoms in total. The first-order valence-corrected chi connectivity index (χ1v) is 6.14. The van der Waals surface area contributed by atoms with Gasteiger partial charge >= 0.3 is 5.97 Å². The maximum atomic E-state index is 13.3. The minimum atomic E-state index is -2.76. The fourth-order valence-corrected chi connectivity index (χ4v) is 2.10. The average Bonchev–Trinajstić information content (AvgIpc) is 2.35. The Morgan fingerprint density at radius 1 is 1.37 bits per heavy atom. The van der Waals surface area contributed by atoms with Crippen molar-refractivity contribution in [1.29, 1.82) is 0 Å². The zero-order valence-corrected chi connectivity index (χ0v) is 10.7. The first-order chi connectivity index (χ1) is 8.90. The molecular formula is C14H16F2O3. The van der Waals surface area contributed by atoms with Gasteiger partial charge in [0.05, 0.1) is 12.2 Å². The van der Waals surface area contributed by atoms with Crippen LogP contribution in [0.5, 0.6) is 0 Å². The number of ether oxygens (including phenoxy) is 2. The predicted molar refractivity (Wildman–Crippen MR) is 65.3 cm³/mol. The average molecular weight is 270 g/mol. The van der Waals surface area contributed by atoms with E-state index in [0.717, 1.165) is 0 Å². The predicted octanol–water partition coefficient (Wildman–Crippen LogP) is 3.05. The number of hydrogen-bond acceptors (Lipinski definition) is 3. The molecule has 1 atom stereocenters. The monoisotopic (exact) mass is 270 g/mol. The van der Waals surface area contributed by atoms with Gasteiger partial charge < -0.3 is 9.47 Å². The van der Waals surface area contributed by atoms with Crippen molar-refractivity contribution < 1.29 is 23.0 Å². The number of hydrogen-bond donors (Lipinski definition) is 0. The molecule has 0 N–H and O–H groups in total. The highest BCUT2D eigenvalue weighted by molar-refractivity contribution is 5.89. The fraction of sp³-hybridized carbons (Fsp3) is 0.500. The SMILES string of the molecule is CC1(COC(=O)c2ccccc2)CC(F)(F)CCO1. The van der Waals surface area contributed by atoms with Gasteiger partial charge in [0.25, 0.3) is 5.92 Å². The second kappa shape index (κ2) is 5.25. The Morgan fingerprint density at radius 3 is 2.68 bits per heavy atom. The van der Waals surface area contributed by atoms with E-state index >= 15 is 0 Å². The Hall–Kier alpha value is -1.49. The molecule has 1 unspecified atom stereocenters. The highest BCUT2D eigenvalue weighted by Crippen LogP contribution is 2.36. The van der Waals surface area contributed by atoms with Gasteiger partial charge in [-0.1, -0.05) is 18.2 Å². The summed E-state index contributed by atoms with van der Waals surface area (Å²) in [6.45, 7) is 1.35. The Balaban J connectivity index is 1.93. The summed E-state index contributed by atoms with van der Waals surface area (Å²) in [6, 6.07) is 8.43. The van der Waals surface area contributed by atoms with Gasteiger partial charge in [-0.3, -0.25) is 0 Å². The first-order valence-electron chi connectivity index (χ1n) is 6.14. The molecule has 0 bridgehead atoms. The summed E-state index contributed by atoms with van der Waals surface area (Å²) in [7, 11) is 0. The minimum absolute atomic E-state index is 0.0214. The van der Waals surface area contributed by atoms with E-state index in [4.69, 9.17) is 9.47 Å². The number of carbonyl (C=O) groups is 1. The van der Waals surface area contributed by atoms with E-state index in [2.05, 4.69) is 0 Å². The molecule has 0 aliphatic carbocycles. The van der Waals surface area contributed by atoms with E-state index < -0.39 is 23.9 Å². The van der Waals surface area contributed by atoms with Gasteiger partial charge in [0.15, 0.2) is 0 Å². The third kappa shape index (κ3) is 3.73. The Morgan fingerprint density at radius 2 is 2.05 bits per heavy atom. The summed E-state index contributed by atoms with van der Waals surface area (Å²) in [6.07, 6.45) is -0.711. The van der Waals surface area contributed by atoms with Crippen LogP contribution in [0, 0.1) is 0 Å². The number of esters is 1. The maximum Gasteiger partial charge on any atom is 0.338 e. The summed E-state index contributed by atoms with van der Waals surface area (Å²) in [5.74, 6) is -3.29. The molecule has 0 saturated carbocycles. The van der Waals surface area contributed by atoms with E-state index in [1.807, 2.05) is 0 Å². The van der Waals surface area contributed by atoms with Gasteiger partial charge in [-0.15, -0.1) is 0 Å². The highest BCUT2D eigenvalue weighted by atomic mass is 19.3. The van der Waals surface area contributed by atoms with Crippen molar-refractivity contribution in [2.75, 3.05) is 13.2 Å². The summed E-state index contributed by atoms with van der Waals surface area (Å²) in [5, 5.41) is 0. The van der Waals surface area contributed by atoms with Gasteiger partial charge in [0, 0.05) is 12.8 Å². The molecule has 1 aromatic rings. The van der Waals surface area contributed by atoms with E-state index in [-0.39, 0.29) is 19.6 Å². The van der Waals surface area contributed by atoms with Crippen LogP contribution in [0.15, 0.2) is 30.3 Å². The van der Waals surface area contributed by atoms with Crippen molar-refractivity contribution in [3.05, 3.63) is 35.9 Å². The zero-order chi connectivity index (χ0) is 13.9. The van der Waals surface area contributed by atoms with Gasteiger partial charge in [0.2, 0.25) is 0 Å². The van der Waals surface area contributed by atoms with Crippen LogP contribution in [-0.4, -0.2) is 30.7 Å². The fourth-order valence-electron chi connectivity index (χ4n) is 2.10. The highest BCUT2D eigenvalue weighted by Gasteiger charge is 2.44. The lowest BCUT2D eigenvalue weighted by atomic mass is 9.94. The molecule has 2 rings (SSSR count). The van der Waals surface area contributed by atoms with Crippen LogP contribution in [0.25, 0.3) is 0 Å². The topological polar surface area (TPSA) is 35.5 Å². The van der Waals surface area contributed by atoms with Crippen LogP contribution in [0.1, 0.15) is 30.1 Å². The quantitative estimate of drug-likeness (QED) is 0.792. The number of alkyl halides is 2. The smallest absolute Gasteiger partial charge is 0.338 e. The lowest BCUT2D eigenvalue weighted by Crippen LogP contribution is -2.46. The van der Waals surface area contributed by atoms with Gasteiger partial charge in [-0.05, 0) is 19.1 Å². The van der Waals surface area contributed by atoms with Gasteiger partial charge in [-0.25, -0.2) is 13.6 Å². The van der Waals surface area contributed by atoms with Crippen LogP contribution < -0.4 is 0 Å². The van der Waals surface area contributed by atoms with Crippen molar-refractivity contribution >= 4 is 5.97 Å². The van der Waals surface area contributed by atoms with Crippen LogP contribution in [0.4, 0.5) is 8.78 Å². The van der Waals surface area contributed by atoms with Gasteiger partial charge in [-0.2, -0.15) is 0 Å². The molecule has 1 fully saturated rings. The van der Waals surface area contributed by atoms with E-state index in [9.17, 15) is 13.6 Å². The third-order valence-corrected chi connectivity index (χ3v) is 3.07. The van der Waals surface area contributed by atoms with Crippen molar-refractivity contribution in [2.45, 2.75) is 31.3 Å².